The zero-order valence-corrected chi connectivity index (χ0v) is 11.2. The molecule has 0 aliphatic heterocycles. The highest BCUT2D eigenvalue weighted by Gasteiger charge is 2.52. The number of hydrogen-bond donors (Lipinski definition) is 0. The Morgan fingerprint density at radius 2 is 1.93 bits per heavy atom. The van der Waals surface area contributed by atoms with Crippen LogP contribution in [0.15, 0.2) is 12.7 Å². The molecule has 0 bridgehead atoms. The maximum Gasteiger partial charge on any atom is 0.348 e. The van der Waals surface area contributed by atoms with Crippen LogP contribution in [-0.4, -0.2) is 14.8 Å². The minimum Gasteiger partial charge on any atom is -0.218 e. The van der Waals surface area contributed by atoms with E-state index in [9.17, 15) is 13.2 Å². The molecule has 0 rings (SSSR count). The van der Waals surface area contributed by atoms with E-state index < -0.39 is 21.2 Å². The lowest BCUT2D eigenvalue weighted by molar-refractivity contribution is -0.00950. The summed E-state index contributed by atoms with van der Waals surface area (Å²) >= 11 is 10.1. The van der Waals surface area contributed by atoms with E-state index in [1.54, 1.807) is 6.08 Å². The van der Waals surface area contributed by atoms with Crippen LogP contribution in [0.1, 0.15) is 19.3 Å². The van der Waals surface area contributed by atoms with Crippen LogP contribution in [0.2, 0.25) is 0 Å². The summed E-state index contributed by atoms with van der Waals surface area (Å²) in [4.78, 5) is -4.12. The monoisotopic (exact) mass is 356 g/mol. The Bertz CT molecular complexity index is 192. The Hall–Kier alpha value is 0.780. The lowest BCUT2D eigenvalue weighted by Gasteiger charge is -2.25. The van der Waals surface area contributed by atoms with Crippen LogP contribution in [0, 0.1) is 0 Å². The van der Waals surface area contributed by atoms with Crippen LogP contribution in [0.4, 0.5) is 13.2 Å². The Balaban J connectivity index is 4.15. The summed E-state index contributed by atoms with van der Waals surface area (Å²) in [6.07, 6.45) is 2.30. The highest BCUT2D eigenvalue weighted by Crippen LogP contribution is 2.45. The molecule has 0 aromatic carbocycles. The SMILES string of the molecule is C=CCCC(Br)CC(F)(Cl)C(F)(F)Br. The summed E-state index contributed by atoms with van der Waals surface area (Å²) in [5.74, 6) is 0. The van der Waals surface area contributed by atoms with E-state index in [4.69, 9.17) is 11.6 Å². The van der Waals surface area contributed by atoms with Crippen molar-refractivity contribution in [2.24, 2.45) is 0 Å². The van der Waals surface area contributed by atoms with Gasteiger partial charge in [-0.05, 0) is 28.8 Å². The first-order chi connectivity index (χ1) is 6.20. The van der Waals surface area contributed by atoms with Crippen molar-refractivity contribution < 1.29 is 13.2 Å². The predicted octanol–water partition coefficient (Wildman–Crippen LogP) is 5.00. The summed E-state index contributed by atoms with van der Waals surface area (Å²) < 4.78 is 38.3. The highest BCUT2D eigenvalue weighted by atomic mass is 79.9. The molecule has 0 saturated carbocycles. The molecule has 0 N–H and O–H groups in total. The van der Waals surface area contributed by atoms with Gasteiger partial charge in [0.2, 0.25) is 0 Å². The van der Waals surface area contributed by atoms with E-state index >= 15 is 0 Å². The number of rotatable bonds is 6. The first kappa shape index (κ1) is 14.8. The van der Waals surface area contributed by atoms with Crippen molar-refractivity contribution in [3.63, 3.8) is 0 Å². The molecular weight excluding hydrogens is 348 g/mol. The van der Waals surface area contributed by atoms with Crippen molar-refractivity contribution in [3.8, 4) is 0 Å². The molecule has 2 unspecified atom stereocenters. The average Bonchev–Trinajstić information content (AvgIpc) is 1.97. The number of alkyl halides is 6. The van der Waals surface area contributed by atoms with Gasteiger partial charge in [0, 0.05) is 11.2 Å². The van der Waals surface area contributed by atoms with Gasteiger partial charge in [-0.3, -0.25) is 0 Å². The van der Waals surface area contributed by atoms with E-state index in [1.807, 2.05) is 15.9 Å². The van der Waals surface area contributed by atoms with Crippen LogP contribution < -0.4 is 0 Å². The van der Waals surface area contributed by atoms with Crippen molar-refractivity contribution >= 4 is 43.5 Å². The van der Waals surface area contributed by atoms with Gasteiger partial charge in [-0.1, -0.05) is 33.6 Å². The summed E-state index contributed by atoms with van der Waals surface area (Å²) in [6.45, 7) is 3.47. The fourth-order valence-corrected chi connectivity index (χ4v) is 2.04. The summed E-state index contributed by atoms with van der Waals surface area (Å²) in [5.41, 5.74) is 0. The predicted molar refractivity (Wildman–Crippen MR) is 60.3 cm³/mol. The van der Waals surface area contributed by atoms with E-state index in [2.05, 4.69) is 22.5 Å². The molecule has 0 heterocycles. The maximum absolute atomic E-state index is 13.2. The fourth-order valence-electron chi connectivity index (χ4n) is 0.795. The molecule has 0 aliphatic rings. The normalized spacial score (nSPS) is 18.7. The topological polar surface area (TPSA) is 0 Å². The Morgan fingerprint density at radius 1 is 1.43 bits per heavy atom. The zero-order valence-electron chi connectivity index (χ0n) is 7.25. The second-order valence-electron chi connectivity index (χ2n) is 2.87. The third-order valence-electron chi connectivity index (χ3n) is 1.58. The van der Waals surface area contributed by atoms with Crippen LogP contribution in [0.5, 0.6) is 0 Å². The standard InChI is InChI=1S/C8H10Br2ClF3/c1-2-3-4-6(9)5-7(11,12)8(10,13)14/h2,6H,1,3-5H2. The van der Waals surface area contributed by atoms with E-state index in [0.29, 0.717) is 12.8 Å². The van der Waals surface area contributed by atoms with Gasteiger partial charge in [0.25, 0.3) is 5.13 Å². The average molecular weight is 358 g/mol. The minimum absolute atomic E-state index is 0.397. The van der Waals surface area contributed by atoms with Crippen LogP contribution in [-0.2, 0) is 0 Å². The van der Waals surface area contributed by atoms with Gasteiger partial charge in [0.05, 0.1) is 0 Å². The van der Waals surface area contributed by atoms with Crippen molar-refractivity contribution in [3.05, 3.63) is 12.7 Å². The second kappa shape index (κ2) is 5.75. The van der Waals surface area contributed by atoms with Gasteiger partial charge in [-0.15, -0.1) is 6.58 Å². The van der Waals surface area contributed by atoms with E-state index in [-0.39, 0.29) is 0 Å². The maximum atomic E-state index is 13.2. The van der Waals surface area contributed by atoms with E-state index in [0.717, 1.165) is 0 Å². The van der Waals surface area contributed by atoms with Gasteiger partial charge in [-0.2, -0.15) is 8.78 Å². The Morgan fingerprint density at radius 3 is 2.29 bits per heavy atom. The number of allylic oxidation sites excluding steroid dienone is 1. The number of halogens is 6. The third-order valence-corrected chi connectivity index (χ3v) is 3.61. The smallest absolute Gasteiger partial charge is 0.218 e. The molecule has 0 amide bonds. The molecule has 0 aromatic rings. The first-order valence-corrected chi connectivity index (χ1v) is 5.99. The number of hydrogen-bond acceptors (Lipinski definition) is 0. The van der Waals surface area contributed by atoms with Crippen LogP contribution in [0.3, 0.4) is 0 Å². The van der Waals surface area contributed by atoms with Crippen molar-refractivity contribution in [2.75, 3.05) is 0 Å². The molecular formula is C8H10Br2ClF3. The molecule has 84 valence electrons. The molecule has 0 aromatic heterocycles. The highest BCUT2D eigenvalue weighted by molar-refractivity contribution is 9.10. The molecule has 0 nitrogen and oxygen atoms in total. The Labute approximate surface area is 103 Å². The van der Waals surface area contributed by atoms with Gasteiger partial charge < -0.3 is 0 Å². The van der Waals surface area contributed by atoms with Crippen molar-refractivity contribution in [1.29, 1.82) is 0 Å². The quantitative estimate of drug-likeness (QED) is 0.463. The van der Waals surface area contributed by atoms with Gasteiger partial charge in [0.1, 0.15) is 0 Å². The van der Waals surface area contributed by atoms with Gasteiger partial charge in [-0.25, -0.2) is 4.39 Å². The summed E-state index contributed by atoms with van der Waals surface area (Å²) in [6, 6.07) is 0. The lowest BCUT2D eigenvalue weighted by atomic mass is 10.1. The molecule has 0 fully saturated rings. The fraction of sp³-hybridized carbons (Fsp3) is 0.750. The molecule has 0 aliphatic carbocycles. The van der Waals surface area contributed by atoms with E-state index in [1.165, 1.54) is 0 Å². The van der Waals surface area contributed by atoms with Gasteiger partial charge >= 0.3 is 4.83 Å². The van der Waals surface area contributed by atoms with Gasteiger partial charge in [0.15, 0.2) is 0 Å². The van der Waals surface area contributed by atoms with Crippen LogP contribution >= 0.6 is 43.5 Å². The minimum atomic E-state index is -3.72. The molecule has 0 radical (unpaired) electrons. The lowest BCUT2D eigenvalue weighted by Crippen LogP contribution is -2.36. The molecule has 0 spiro atoms. The van der Waals surface area contributed by atoms with Crippen molar-refractivity contribution in [2.45, 2.75) is 34.0 Å². The molecule has 0 saturated heterocycles. The summed E-state index contributed by atoms with van der Waals surface area (Å²) in [5, 5.41) is -3.07. The first-order valence-electron chi connectivity index (χ1n) is 3.90. The molecule has 2 atom stereocenters. The zero-order chi connectivity index (χ0) is 11.4. The third kappa shape index (κ3) is 5.03. The van der Waals surface area contributed by atoms with Crippen molar-refractivity contribution in [1.82, 2.24) is 0 Å². The van der Waals surface area contributed by atoms with Crippen LogP contribution in [0.25, 0.3) is 0 Å². The largest absolute Gasteiger partial charge is 0.348 e. The Kier molecular flexibility index (Phi) is 6.07. The summed E-state index contributed by atoms with van der Waals surface area (Å²) in [7, 11) is 0. The molecule has 6 heteroatoms. The second-order valence-corrected chi connectivity index (χ2v) is 5.76. The molecule has 14 heavy (non-hydrogen) atoms.